The molecule has 0 atom stereocenters. The van der Waals surface area contributed by atoms with Crippen LogP contribution < -0.4 is 11.1 Å². The normalized spacial score (nSPS) is 17.9. The van der Waals surface area contributed by atoms with Crippen molar-refractivity contribution in [3.8, 4) is 0 Å². The smallest absolute Gasteiger partial charge is 0.224 e. The minimum atomic E-state index is -0.621. The Morgan fingerprint density at radius 3 is 2.48 bits per heavy atom. The van der Waals surface area contributed by atoms with Crippen LogP contribution in [-0.4, -0.2) is 55.7 Å². The highest BCUT2D eigenvalue weighted by molar-refractivity contribution is 5.82. The number of ether oxygens (including phenoxy) is 1. The van der Waals surface area contributed by atoms with Gasteiger partial charge in [0.15, 0.2) is 5.96 Å². The quantitative estimate of drug-likeness (QED) is 0.565. The van der Waals surface area contributed by atoms with Gasteiger partial charge in [0.2, 0.25) is 5.91 Å². The van der Waals surface area contributed by atoms with Gasteiger partial charge in [0.1, 0.15) is 0 Å². The highest BCUT2D eigenvalue weighted by Crippen LogP contribution is 2.16. The zero-order chi connectivity index (χ0) is 15.9. The number of nitrogens with one attached hydrogen (secondary N) is 1. The molecule has 0 aromatic carbocycles. The lowest BCUT2D eigenvalue weighted by Crippen LogP contribution is -2.47. The maximum atomic E-state index is 11.4. The molecular weight excluding hydrogens is 268 g/mol. The number of hydrogen-bond donors (Lipinski definition) is 2. The van der Waals surface area contributed by atoms with Gasteiger partial charge in [-0.2, -0.15) is 0 Å². The van der Waals surface area contributed by atoms with E-state index in [1.807, 2.05) is 27.7 Å². The number of likely N-dealkylation sites (tertiary alicyclic amines) is 1. The summed E-state index contributed by atoms with van der Waals surface area (Å²) in [6, 6.07) is 0. The Hall–Kier alpha value is -1.30. The van der Waals surface area contributed by atoms with Gasteiger partial charge in [0.25, 0.3) is 0 Å². The fraction of sp³-hybridized carbons (Fsp3) is 0.867. The number of nitrogens with two attached hydrogens (primary N) is 1. The molecule has 0 spiro atoms. The summed E-state index contributed by atoms with van der Waals surface area (Å²) >= 11 is 0. The molecule has 1 heterocycles. The summed E-state index contributed by atoms with van der Waals surface area (Å²) in [5.41, 5.74) is 4.78. The molecule has 0 saturated carbocycles. The van der Waals surface area contributed by atoms with E-state index in [2.05, 4.69) is 15.2 Å². The fourth-order valence-electron chi connectivity index (χ4n) is 2.25. The summed E-state index contributed by atoms with van der Waals surface area (Å²) in [5, 5.41) is 3.29. The molecule has 1 saturated heterocycles. The number of guanidine groups is 1. The first-order chi connectivity index (χ1) is 9.90. The standard InChI is InChI=1S/C15H30N4O2/c1-5-17-14(18-11-15(3,4)13(16)20)19-9-7-12(8-10-19)21-6-2/h12H,5-11H2,1-4H3,(H2,16,20)(H,17,18). The Morgan fingerprint density at radius 2 is 2.00 bits per heavy atom. The van der Waals surface area contributed by atoms with Gasteiger partial charge < -0.3 is 20.7 Å². The molecule has 3 N–H and O–H groups in total. The van der Waals surface area contributed by atoms with E-state index < -0.39 is 5.41 Å². The number of nitrogens with zero attached hydrogens (tertiary/aromatic N) is 2. The van der Waals surface area contributed by atoms with Gasteiger partial charge in [0, 0.05) is 26.2 Å². The van der Waals surface area contributed by atoms with Crippen LogP contribution >= 0.6 is 0 Å². The first-order valence-corrected chi connectivity index (χ1v) is 7.85. The fourth-order valence-corrected chi connectivity index (χ4v) is 2.25. The summed E-state index contributed by atoms with van der Waals surface area (Å²) < 4.78 is 5.67. The van der Waals surface area contributed by atoms with Crippen molar-refractivity contribution in [2.24, 2.45) is 16.1 Å². The van der Waals surface area contributed by atoms with Crippen molar-refractivity contribution in [1.29, 1.82) is 0 Å². The molecule has 0 unspecified atom stereocenters. The number of aliphatic imine (C=N–C) groups is 1. The van der Waals surface area contributed by atoms with Gasteiger partial charge in [-0.3, -0.25) is 9.79 Å². The van der Waals surface area contributed by atoms with E-state index >= 15 is 0 Å². The van der Waals surface area contributed by atoms with Crippen molar-refractivity contribution < 1.29 is 9.53 Å². The van der Waals surface area contributed by atoms with Gasteiger partial charge >= 0.3 is 0 Å². The molecule has 21 heavy (non-hydrogen) atoms. The van der Waals surface area contributed by atoms with Crippen LogP contribution in [0.25, 0.3) is 0 Å². The average molecular weight is 298 g/mol. The third kappa shape index (κ3) is 5.53. The number of hydrogen-bond acceptors (Lipinski definition) is 3. The van der Waals surface area contributed by atoms with Gasteiger partial charge in [-0.25, -0.2) is 0 Å². The largest absolute Gasteiger partial charge is 0.378 e. The Morgan fingerprint density at radius 1 is 1.38 bits per heavy atom. The first kappa shape index (κ1) is 17.8. The van der Waals surface area contributed by atoms with E-state index in [4.69, 9.17) is 10.5 Å². The highest BCUT2D eigenvalue weighted by atomic mass is 16.5. The molecule has 0 radical (unpaired) electrons. The van der Waals surface area contributed by atoms with E-state index in [0.29, 0.717) is 12.6 Å². The lowest BCUT2D eigenvalue weighted by molar-refractivity contribution is -0.125. The Kier molecular flexibility index (Phi) is 6.95. The predicted molar refractivity (Wildman–Crippen MR) is 85.2 cm³/mol. The molecule has 1 aliphatic heterocycles. The van der Waals surface area contributed by atoms with Crippen molar-refractivity contribution in [2.45, 2.75) is 46.6 Å². The van der Waals surface area contributed by atoms with E-state index in [0.717, 1.165) is 45.0 Å². The molecule has 0 aromatic rings. The molecule has 1 aliphatic rings. The monoisotopic (exact) mass is 298 g/mol. The van der Waals surface area contributed by atoms with E-state index in [1.165, 1.54) is 0 Å². The Balaban J connectivity index is 2.63. The number of piperidine rings is 1. The van der Waals surface area contributed by atoms with E-state index in [9.17, 15) is 4.79 Å². The number of carbonyl (C=O) groups is 1. The van der Waals surface area contributed by atoms with Crippen LogP contribution in [0.3, 0.4) is 0 Å². The van der Waals surface area contributed by atoms with Crippen LogP contribution in [0, 0.1) is 5.41 Å². The third-order valence-electron chi connectivity index (χ3n) is 3.77. The second-order valence-corrected chi connectivity index (χ2v) is 6.06. The van der Waals surface area contributed by atoms with Gasteiger partial charge in [-0.1, -0.05) is 0 Å². The lowest BCUT2D eigenvalue weighted by Gasteiger charge is -2.34. The second-order valence-electron chi connectivity index (χ2n) is 6.06. The van der Waals surface area contributed by atoms with Crippen LogP contribution in [0.15, 0.2) is 4.99 Å². The van der Waals surface area contributed by atoms with Crippen LogP contribution in [0.2, 0.25) is 0 Å². The number of carbonyl (C=O) groups excluding carboxylic acids is 1. The molecule has 122 valence electrons. The number of primary amides is 1. The molecule has 1 rings (SSSR count). The summed E-state index contributed by atoms with van der Waals surface area (Å²) in [4.78, 5) is 18.2. The highest BCUT2D eigenvalue weighted by Gasteiger charge is 2.26. The Bertz CT molecular complexity index is 361. The zero-order valence-electron chi connectivity index (χ0n) is 13.8. The lowest BCUT2D eigenvalue weighted by atomic mass is 9.93. The molecule has 0 aliphatic carbocycles. The molecule has 1 amide bonds. The summed E-state index contributed by atoms with van der Waals surface area (Å²) in [6.45, 7) is 11.5. The minimum Gasteiger partial charge on any atom is -0.378 e. The van der Waals surface area contributed by atoms with Gasteiger partial charge in [-0.15, -0.1) is 0 Å². The summed E-state index contributed by atoms with van der Waals surface area (Å²) in [7, 11) is 0. The molecular formula is C15H30N4O2. The third-order valence-corrected chi connectivity index (χ3v) is 3.77. The topological polar surface area (TPSA) is 79.9 Å². The van der Waals surface area contributed by atoms with Crippen LogP contribution in [0.1, 0.15) is 40.5 Å². The summed E-state index contributed by atoms with van der Waals surface area (Å²) in [6.07, 6.45) is 2.38. The number of rotatable bonds is 6. The average Bonchev–Trinajstić information content (AvgIpc) is 2.44. The molecule has 6 nitrogen and oxygen atoms in total. The molecule has 1 fully saturated rings. The van der Waals surface area contributed by atoms with E-state index in [1.54, 1.807) is 0 Å². The van der Waals surface area contributed by atoms with Crippen LogP contribution in [0.5, 0.6) is 0 Å². The molecule has 6 heteroatoms. The van der Waals surface area contributed by atoms with Crippen molar-refractivity contribution in [3.05, 3.63) is 0 Å². The molecule has 0 bridgehead atoms. The first-order valence-electron chi connectivity index (χ1n) is 7.85. The van der Waals surface area contributed by atoms with Crippen molar-refractivity contribution in [1.82, 2.24) is 10.2 Å². The number of amides is 1. The minimum absolute atomic E-state index is 0.322. The van der Waals surface area contributed by atoms with Crippen molar-refractivity contribution in [2.75, 3.05) is 32.8 Å². The zero-order valence-corrected chi connectivity index (χ0v) is 13.8. The molecule has 0 aromatic heterocycles. The second kappa shape index (κ2) is 8.22. The van der Waals surface area contributed by atoms with Gasteiger partial charge in [0.05, 0.1) is 18.1 Å². The van der Waals surface area contributed by atoms with Crippen LogP contribution in [-0.2, 0) is 9.53 Å². The van der Waals surface area contributed by atoms with Gasteiger partial charge in [-0.05, 0) is 40.5 Å². The Labute approximate surface area is 128 Å². The van der Waals surface area contributed by atoms with Crippen LogP contribution in [0.4, 0.5) is 0 Å². The van der Waals surface area contributed by atoms with E-state index in [-0.39, 0.29) is 5.91 Å². The van der Waals surface area contributed by atoms with Crippen molar-refractivity contribution >= 4 is 11.9 Å². The maximum absolute atomic E-state index is 11.4. The summed E-state index contributed by atoms with van der Waals surface area (Å²) in [5.74, 6) is 0.541. The predicted octanol–water partition coefficient (Wildman–Crippen LogP) is 0.964. The SMILES string of the molecule is CCNC(=NCC(C)(C)C(N)=O)N1CCC(OCC)CC1. The maximum Gasteiger partial charge on any atom is 0.224 e. The van der Waals surface area contributed by atoms with Crippen molar-refractivity contribution in [3.63, 3.8) is 0 Å².